The number of amides is 2. The molecule has 0 aliphatic carbocycles. The van der Waals surface area contributed by atoms with E-state index in [0.29, 0.717) is 5.56 Å². The lowest BCUT2D eigenvalue weighted by molar-refractivity contribution is -0.137. The van der Waals surface area contributed by atoms with Crippen LogP contribution in [0.15, 0.2) is 72.3 Å². The zero-order valence-electron chi connectivity index (χ0n) is 19.2. The fourth-order valence-electron chi connectivity index (χ4n) is 3.07. The molecule has 37 heavy (non-hydrogen) atoms. The molecule has 2 amide bonds. The van der Waals surface area contributed by atoms with Crippen LogP contribution in [0.2, 0.25) is 0 Å². The maximum absolute atomic E-state index is 13.7. The molecule has 0 spiro atoms. The molecule has 2 N–H and O–H groups in total. The van der Waals surface area contributed by atoms with Gasteiger partial charge < -0.3 is 20.1 Å². The molecule has 3 aromatic carbocycles. The molecule has 11 heteroatoms. The summed E-state index contributed by atoms with van der Waals surface area (Å²) in [4.78, 5) is 24.6. The zero-order chi connectivity index (χ0) is 27.0. The smallest absolute Gasteiger partial charge is 0.416 e. The number of para-hydroxylation sites is 1. The van der Waals surface area contributed by atoms with E-state index in [1.807, 2.05) is 0 Å². The first-order chi connectivity index (χ1) is 17.6. The molecule has 3 rings (SSSR count). The van der Waals surface area contributed by atoms with Crippen molar-refractivity contribution in [1.29, 1.82) is 5.26 Å². The molecule has 0 heterocycles. The van der Waals surface area contributed by atoms with Gasteiger partial charge in [-0.15, -0.1) is 0 Å². The topological polar surface area (TPSA) is 100 Å². The van der Waals surface area contributed by atoms with Crippen molar-refractivity contribution in [2.24, 2.45) is 0 Å². The quantitative estimate of drug-likeness (QED) is 0.238. The first-order valence-corrected chi connectivity index (χ1v) is 10.6. The van der Waals surface area contributed by atoms with Crippen LogP contribution in [0.1, 0.15) is 11.1 Å². The molecule has 0 unspecified atom stereocenters. The van der Waals surface area contributed by atoms with Gasteiger partial charge in [0, 0.05) is 5.69 Å². The molecule has 0 aliphatic rings. The third-order valence-corrected chi connectivity index (χ3v) is 4.82. The van der Waals surface area contributed by atoms with E-state index in [4.69, 9.17) is 9.47 Å². The number of ether oxygens (including phenoxy) is 2. The Morgan fingerprint density at radius 3 is 2.43 bits per heavy atom. The zero-order valence-corrected chi connectivity index (χ0v) is 19.2. The first-order valence-electron chi connectivity index (χ1n) is 10.6. The summed E-state index contributed by atoms with van der Waals surface area (Å²) in [6.45, 7) is -0.456. The molecule has 0 radical (unpaired) electrons. The lowest BCUT2D eigenvalue weighted by atomic mass is 10.1. The van der Waals surface area contributed by atoms with Crippen LogP contribution in [0, 0.1) is 17.1 Å². The monoisotopic (exact) mass is 513 g/mol. The molecule has 0 aliphatic heterocycles. The van der Waals surface area contributed by atoms with Gasteiger partial charge >= 0.3 is 6.18 Å². The van der Waals surface area contributed by atoms with Crippen LogP contribution in [-0.2, 0) is 15.8 Å². The predicted octanol–water partition coefficient (Wildman–Crippen LogP) is 5.42. The molecule has 0 bridgehead atoms. The summed E-state index contributed by atoms with van der Waals surface area (Å²) in [6, 6.07) is 15.7. The number of nitrogens with zero attached hydrogens (tertiary/aromatic N) is 1. The number of methoxy groups -OCH3 is 1. The van der Waals surface area contributed by atoms with Gasteiger partial charge in [-0.05, 0) is 54.1 Å². The second-order valence-corrected chi connectivity index (χ2v) is 7.43. The van der Waals surface area contributed by atoms with E-state index in [0.717, 1.165) is 18.2 Å². The van der Waals surface area contributed by atoms with Crippen molar-refractivity contribution in [2.45, 2.75) is 6.18 Å². The number of carbonyl (C=O) groups excluding carboxylic acids is 2. The normalized spacial score (nSPS) is 11.3. The van der Waals surface area contributed by atoms with Gasteiger partial charge in [-0.2, -0.15) is 18.4 Å². The Morgan fingerprint density at radius 1 is 1.00 bits per heavy atom. The number of alkyl halides is 3. The minimum absolute atomic E-state index is 0.00371. The minimum Gasteiger partial charge on any atom is -0.493 e. The fourth-order valence-corrected chi connectivity index (χ4v) is 3.07. The number of hydrogen-bond donors (Lipinski definition) is 2. The number of nitriles is 1. The summed E-state index contributed by atoms with van der Waals surface area (Å²) >= 11 is 0. The van der Waals surface area contributed by atoms with E-state index in [9.17, 15) is 32.4 Å². The van der Waals surface area contributed by atoms with Crippen LogP contribution < -0.4 is 20.1 Å². The number of anilines is 2. The molecule has 0 saturated heterocycles. The maximum atomic E-state index is 13.7. The van der Waals surface area contributed by atoms with Gasteiger partial charge in [-0.1, -0.05) is 24.3 Å². The summed E-state index contributed by atoms with van der Waals surface area (Å²) in [7, 11) is 1.33. The summed E-state index contributed by atoms with van der Waals surface area (Å²) < 4.78 is 63.0. The van der Waals surface area contributed by atoms with Crippen molar-refractivity contribution in [3.8, 4) is 17.6 Å². The summed E-state index contributed by atoms with van der Waals surface area (Å²) in [6.07, 6.45) is -3.38. The summed E-state index contributed by atoms with van der Waals surface area (Å²) in [5, 5.41) is 14.0. The molecule has 0 aromatic heterocycles. The van der Waals surface area contributed by atoms with E-state index in [1.54, 1.807) is 12.1 Å². The number of rotatable bonds is 8. The molecule has 0 atom stereocenters. The van der Waals surface area contributed by atoms with Gasteiger partial charge in [-0.3, -0.25) is 9.59 Å². The number of halogens is 4. The second-order valence-electron chi connectivity index (χ2n) is 7.43. The van der Waals surface area contributed by atoms with E-state index in [-0.39, 0.29) is 28.4 Å². The highest BCUT2D eigenvalue weighted by atomic mass is 19.4. The molecule has 0 saturated carbocycles. The van der Waals surface area contributed by atoms with Gasteiger partial charge in [0.1, 0.15) is 17.5 Å². The standard InChI is InChI=1S/C26H19F4N3O4/c1-36-23-12-16(9-10-22(23)37-15-24(34)33-21-8-3-2-7-20(21)27)11-17(14-31)25(35)32-19-6-4-5-18(13-19)26(28,29)30/h2-13H,15H2,1H3,(H,32,35)(H,33,34)/b17-11+. The fraction of sp³-hybridized carbons (Fsp3) is 0.115. The Bertz CT molecular complexity index is 1380. The van der Waals surface area contributed by atoms with Gasteiger partial charge in [0.05, 0.1) is 18.4 Å². The van der Waals surface area contributed by atoms with Crippen LogP contribution in [-0.4, -0.2) is 25.5 Å². The third kappa shape index (κ3) is 7.32. The van der Waals surface area contributed by atoms with Crippen molar-refractivity contribution < 1.29 is 36.6 Å². The Labute approximate surface area is 208 Å². The van der Waals surface area contributed by atoms with Crippen molar-refractivity contribution >= 4 is 29.3 Å². The number of nitrogens with one attached hydrogen (secondary N) is 2. The van der Waals surface area contributed by atoms with Crippen molar-refractivity contribution in [3.63, 3.8) is 0 Å². The molecule has 3 aromatic rings. The summed E-state index contributed by atoms with van der Waals surface area (Å²) in [5.41, 5.74) is -1.11. The van der Waals surface area contributed by atoms with Gasteiger partial charge in [0.2, 0.25) is 0 Å². The van der Waals surface area contributed by atoms with Gasteiger partial charge in [0.15, 0.2) is 18.1 Å². The van der Waals surface area contributed by atoms with E-state index in [1.165, 1.54) is 55.7 Å². The third-order valence-electron chi connectivity index (χ3n) is 4.82. The lowest BCUT2D eigenvalue weighted by Gasteiger charge is -2.12. The van der Waals surface area contributed by atoms with Crippen LogP contribution in [0.5, 0.6) is 11.5 Å². The molecular formula is C26H19F4N3O4. The Hall–Kier alpha value is -4.85. The van der Waals surface area contributed by atoms with Crippen LogP contribution in [0.4, 0.5) is 28.9 Å². The largest absolute Gasteiger partial charge is 0.493 e. The van der Waals surface area contributed by atoms with Crippen molar-refractivity contribution in [2.75, 3.05) is 24.4 Å². The number of carbonyl (C=O) groups is 2. The van der Waals surface area contributed by atoms with Crippen LogP contribution >= 0.6 is 0 Å². The molecule has 0 fully saturated rings. The highest BCUT2D eigenvalue weighted by Crippen LogP contribution is 2.31. The second kappa shape index (κ2) is 11.7. The van der Waals surface area contributed by atoms with Gasteiger partial charge in [0.25, 0.3) is 11.8 Å². The highest BCUT2D eigenvalue weighted by molar-refractivity contribution is 6.09. The average Bonchev–Trinajstić information content (AvgIpc) is 2.87. The molecule has 7 nitrogen and oxygen atoms in total. The van der Waals surface area contributed by atoms with Crippen molar-refractivity contribution in [3.05, 3.63) is 89.2 Å². The lowest BCUT2D eigenvalue weighted by Crippen LogP contribution is -2.21. The molecular weight excluding hydrogens is 494 g/mol. The number of benzene rings is 3. The highest BCUT2D eigenvalue weighted by Gasteiger charge is 2.30. The Morgan fingerprint density at radius 2 is 1.76 bits per heavy atom. The van der Waals surface area contributed by atoms with E-state index in [2.05, 4.69) is 10.6 Å². The summed E-state index contributed by atoms with van der Waals surface area (Å²) in [5.74, 6) is -1.80. The predicted molar refractivity (Wildman–Crippen MR) is 127 cm³/mol. The average molecular weight is 513 g/mol. The first kappa shape index (κ1) is 26.7. The Balaban J connectivity index is 1.70. The van der Waals surface area contributed by atoms with E-state index >= 15 is 0 Å². The molecule has 190 valence electrons. The van der Waals surface area contributed by atoms with Crippen molar-refractivity contribution in [1.82, 2.24) is 0 Å². The maximum Gasteiger partial charge on any atom is 0.416 e. The SMILES string of the molecule is COc1cc(/C=C(\C#N)C(=O)Nc2cccc(C(F)(F)F)c2)ccc1OCC(=O)Nc1ccccc1F. The van der Waals surface area contributed by atoms with Crippen LogP contribution in [0.3, 0.4) is 0 Å². The van der Waals surface area contributed by atoms with E-state index < -0.39 is 36.0 Å². The number of hydrogen-bond acceptors (Lipinski definition) is 5. The minimum atomic E-state index is -4.59. The van der Waals surface area contributed by atoms with Gasteiger partial charge in [-0.25, -0.2) is 4.39 Å². The van der Waals surface area contributed by atoms with Crippen LogP contribution in [0.25, 0.3) is 6.08 Å². The Kier molecular flexibility index (Phi) is 8.47.